The van der Waals surface area contributed by atoms with Crippen molar-refractivity contribution in [3.8, 4) is 11.1 Å². The van der Waals surface area contributed by atoms with E-state index in [0.29, 0.717) is 19.4 Å². The minimum Gasteiger partial charge on any atom is -0.460 e. The number of carbonyl (C=O) groups is 3. The quantitative estimate of drug-likeness (QED) is 0.399. The van der Waals surface area contributed by atoms with Crippen LogP contribution in [0, 0.1) is 5.92 Å². The van der Waals surface area contributed by atoms with E-state index in [-0.39, 0.29) is 31.0 Å². The second kappa shape index (κ2) is 11.0. The molecule has 0 spiro atoms. The number of ether oxygens (including phenoxy) is 2. The van der Waals surface area contributed by atoms with Gasteiger partial charge in [-0.05, 0) is 41.0 Å². The van der Waals surface area contributed by atoms with Gasteiger partial charge < -0.3 is 14.4 Å². The van der Waals surface area contributed by atoms with Crippen molar-refractivity contribution in [1.29, 1.82) is 0 Å². The lowest BCUT2D eigenvalue weighted by atomic mass is 9.98. The van der Waals surface area contributed by atoms with Crippen LogP contribution in [0.15, 0.2) is 61.2 Å². The Morgan fingerprint density at radius 3 is 2.25 bits per heavy atom. The normalized spacial score (nSPS) is 17.3. The summed E-state index contributed by atoms with van der Waals surface area (Å²) in [5.74, 6) is -0.940. The Bertz CT molecular complexity index is 1100. The molecule has 0 aromatic heterocycles. The first-order valence-corrected chi connectivity index (χ1v) is 12.5. The SMILES string of the molecule is C=CCOC(=O)[C@@H]1CCCN1C(=O)[C@H](C(C)C)N(C)C(=O)OCC1c2ccccc2-c2ccccc21. The van der Waals surface area contributed by atoms with Crippen LogP contribution in [-0.2, 0) is 19.1 Å². The number of fused-ring (bicyclic) bond motifs is 3. The van der Waals surface area contributed by atoms with E-state index >= 15 is 0 Å². The maximum absolute atomic E-state index is 13.6. The van der Waals surface area contributed by atoms with E-state index in [4.69, 9.17) is 9.47 Å². The van der Waals surface area contributed by atoms with E-state index in [1.165, 1.54) is 11.0 Å². The molecule has 2 aromatic carbocycles. The molecule has 0 bridgehead atoms. The Morgan fingerprint density at radius 2 is 1.67 bits per heavy atom. The molecule has 1 aliphatic heterocycles. The molecule has 36 heavy (non-hydrogen) atoms. The van der Waals surface area contributed by atoms with Crippen LogP contribution in [0.4, 0.5) is 4.79 Å². The molecule has 2 aliphatic rings. The molecule has 0 unspecified atom stereocenters. The Labute approximate surface area is 212 Å². The first-order chi connectivity index (χ1) is 17.3. The van der Waals surface area contributed by atoms with Crippen molar-refractivity contribution in [2.45, 2.75) is 44.7 Å². The number of esters is 1. The number of hydrogen-bond donors (Lipinski definition) is 0. The van der Waals surface area contributed by atoms with Crippen LogP contribution in [0.2, 0.25) is 0 Å². The van der Waals surface area contributed by atoms with Gasteiger partial charge in [0.15, 0.2) is 0 Å². The van der Waals surface area contributed by atoms with E-state index in [9.17, 15) is 14.4 Å². The lowest BCUT2D eigenvalue weighted by Gasteiger charge is -2.34. The zero-order valence-electron chi connectivity index (χ0n) is 21.2. The second-order valence-corrected chi connectivity index (χ2v) is 9.71. The minimum atomic E-state index is -0.756. The topological polar surface area (TPSA) is 76.2 Å². The van der Waals surface area contributed by atoms with E-state index in [2.05, 4.69) is 30.8 Å². The maximum atomic E-state index is 13.6. The molecule has 2 aromatic rings. The highest BCUT2D eigenvalue weighted by molar-refractivity contribution is 5.90. The zero-order chi connectivity index (χ0) is 25.8. The van der Waals surface area contributed by atoms with Gasteiger partial charge in [-0.25, -0.2) is 9.59 Å². The van der Waals surface area contributed by atoms with Crippen molar-refractivity contribution in [3.63, 3.8) is 0 Å². The van der Waals surface area contributed by atoms with Crippen LogP contribution in [0.25, 0.3) is 11.1 Å². The van der Waals surface area contributed by atoms with Gasteiger partial charge in [0.2, 0.25) is 5.91 Å². The number of carbonyl (C=O) groups excluding carboxylic acids is 3. The standard InChI is InChI=1S/C29H34N2O5/c1-5-17-35-28(33)25-15-10-16-31(25)27(32)26(19(2)3)30(4)29(34)36-18-24-22-13-8-6-11-20(22)21-12-7-9-14-23(21)24/h5-9,11-14,19,24-26H,1,10,15-18H2,2-4H3/t25-,26-/m0/s1. The lowest BCUT2D eigenvalue weighted by molar-refractivity contribution is -0.154. The summed E-state index contributed by atoms with van der Waals surface area (Å²) < 4.78 is 11.0. The predicted octanol–water partition coefficient (Wildman–Crippen LogP) is 4.61. The van der Waals surface area contributed by atoms with Gasteiger partial charge in [0.1, 0.15) is 25.3 Å². The summed E-state index contributed by atoms with van der Waals surface area (Å²) in [7, 11) is 1.59. The third kappa shape index (κ3) is 4.87. The van der Waals surface area contributed by atoms with Crippen LogP contribution in [0.3, 0.4) is 0 Å². The van der Waals surface area contributed by atoms with Crippen LogP contribution in [0.1, 0.15) is 43.7 Å². The van der Waals surface area contributed by atoms with E-state index in [0.717, 1.165) is 22.3 Å². The van der Waals surface area contributed by atoms with Gasteiger partial charge in [0, 0.05) is 19.5 Å². The minimum absolute atomic E-state index is 0.0643. The van der Waals surface area contributed by atoms with Gasteiger partial charge in [0.25, 0.3) is 0 Å². The molecule has 1 aliphatic carbocycles. The van der Waals surface area contributed by atoms with Crippen molar-refractivity contribution in [2.75, 3.05) is 26.8 Å². The molecular weight excluding hydrogens is 456 g/mol. The number of likely N-dealkylation sites (tertiary alicyclic amines) is 1. The average Bonchev–Trinajstić information content (AvgIpc) is 3.49. The van der Waals surface area contributed by atoms with Crippen LogP contribution in [-0.4, -0.2) is 66.7 Å². The molecule has 7 heteroatoms. The molecule has 190 valence electrons. The smallest absolute Gasteiger partial charge is 0.410 e. The summed E-state index contributed by atoms with van der Waals surface area (Å²) in [5, 5.41) is 0. The Balaban J connectivity index is 1.46. The number of benzene rings is 2. The Morgan fingerprint density at radius 1 is 1.06 bits per heavy atom. The summed E-state index contributed by atoms with van der Waals surface area (Å²) in [4.78, 5) is 42.1. The summed E-state index contributed by atoms with van der Waals surface area (Å²) in [6.07, 6.45) is 2.19. The average molecular weight is 491 g/mol. The number of hydrogen-bond acceptors (Lipinski definition) is 5. The van der Waals surface area contributed by atoms with Gasteiger partial charge in [-0.3, -0.25) is 9.69 Å². The molecule has 2 atom stereocenters. The molecule has 1 saturated heterocycles. The number of amides is 2. The fourth-order valence-electron chi connectivity index (χ4n) is 5.39. The second-order valence-electron chi connectivity index (χ2n) is 9.71. The first-order valence-electron chi connectivity index (χ1n) is 12.5. The molecule has 0 radical (unpaired) electrons. The largest absolute Gasteiger partial charge is 0.460 e. The van der Waals surface area contributed by atoms with Crippen LogP contribution < -0.4 is 0 Å². The fourth-order valence-corrected chi connectivity index (χ4v) is 5.39. The first kappa shape index (κ1) is 25.5. The van der Waals surface area contributed by atoms with Crippen molar-refractivity contribution >= 4 is 18.0 Å². The van der Waals surface area contributed by atoms with Gasteiger partial charge in [-0.2, -0.15) is 0 Å². The van der Waals surface area contributed by atoms with E-state index in [1.807, 2.05) is 38.1 Å². The van der Waals surface area contributed by atoms with Crippen molar-refractivity contribution in [1.82, 2.24) is 9.80 Å². The van der Waals surface area contributed by atoms with Gasteiger partial charge in [0.05, 0.1) is 0 Å². The summed E-state index contributed by atoms with van der Waals surface area (Å²) >= 11 is 0. The molecular formula is C29H34N2O5. The fraction of sp³-hybridized carbons (Fsp3) is 0.414. The van der Waals surface area contributed by atoms with Crippen molar-refractivity contribution in [3.05, 3.63) is 72.3 Å². The predicted molar refractivity (Wildman–Crippen MR) is 137 cm³/mol. The molecule has 0 saturated carbocycles. The molecule has 4 rings (SSSR count). The summed E-state index contributed by atoms with van der Waals surface area (Å²) in [6, 6.07) is 14.9. The number of nitrogens with zero attached hydrogens (tertiary/aromatic N) is 2. The summed E-state index contributed by atoms with van der Waals surface area (Å²) in [5.41, 5.74) is 4.56. The number of rotatable bonds is 8. The van der Waals surface area contributed by atoms with Gasteiger partial charge in [-0.1, -0.05) is 75.0 Å². The zero-order valence-corrected chi connectivity index (χ0v) is 21.2. The maximum Gasteiger partial charge on any atom is 0.410 e. The highest BCUT2D eigenvalue weighted by atomic mass is 16.6. The van der Waals surface area contributed by atoms with Crippen LogP contribution in [0.5, 0.6) is 0 Å². The van der Waals surface area contributed by atoms with Crippen molar-refractivity contribution < 1.29 is 23.9 Å². The lowest BCUT2D eigenvalue weighted by Crippen LogP contribution is -2.54. The molecule has 1 heterocycles. The number of likely N-dealkylation sites (N-methyl/N-ethyl adjacent to an activating group) is 1. The van der Waals surface area contributed by atoms with Gasteiger partial charge >= 0.3 is 12.1 Å². The molecule has 0 N–H and O–H groups in total. The highest BCUT2D eigenvalue weighted by Gasteiger charge is 2.41. The van der Waals surface area contributed by atoms with E-state index in [1.54, 1.807) is 11.9 Å². The molecule has 1 fully saturated rings. The van der Waals surface area contributed by atoms with Crippen molar-refractivity contribution in [2.24, 2.45) is 5.92 Å². The monoisotopic (exact) mass is 490 g/mol. The third-order valence-corrected chi connectivity index (χ3v) is 7.08. The highest BCUT2D eigenvalue weighted by Crippen LogP contribution is 2.44. The van der Waals surface area contributed by atoms with Crippen LogP contribution >= 0.6 is 0 Å². The Kier molecular flexibility index (Phi) is 7.77. The summed E-state index contributed by atoms with van der Waals surface area (Å²) in [6.45, 7) is 8.07. The third-order valence-electron chi connectivity index (χ3n) is 7.08. The molecule has 2 amide bonds. The molecule has 7 nitrogen and oxygen atoms in total. The van der Waals surface area contributed by atoms with E-state index < -0.39 is 24.1 Å². The Hall–Kier alpha value is -3.61. The van der Waals surface area contributed by atoms with Gasteiger partial charge in [-0.15, -0.1) is 0 Å².